The molecule has 2 heterocycles. The first kappa shape index (κ1) is 15.7. The molecule has 4 heteroatoms. The molecule has 0 fully saturated rings. The zero-order chi connectivity index (χ0) is 17.3. The van der Waals surface area contributed by atoms with Crippen LogP contribution >= 0.6 is 23.1 Å². The first-order chi connectivity index (χ1) is 12.9. The van der Waals surface area contributed by atoms with Crippen LogP contribution in [0.25, 0.3) is 26.8 Å². The Morgan fingerprint density at radius 1 is 0.846 bits per heavy atom. The van der Waals surface area contributed by atoms with E-state index in [9.17, 15) is 0 Å². The van der Waals surface area contributed by atoms with E-state index in [1.807, 2.05) is 23.5 Å². The van der Waals surface area contributed by atoms with Gasteiger partial charge in [-0.05, 0) is 41.8 Å². The van der Waals surface area contributed by atoms with Gasteiger partial charge in [0.15, 0.2) is 5.16 Å². The Labute approximate surface area is 160 Å². The first-order valence-electron chi connectivity index (χ1n) is 8.52. The maximum Gasteiger partial charge on any atom is 0.174 e. The smallest absolute Gasteiger partial charge is 0.174 e. The molecule has 0 aliphatic heterocycles. The number of hydrogen-bond acceptors (Lipinski definition) is 3. The Morgan fingerprint density at radius 2 is 1.62 bits per heavy atom. The largest absolute Gasteiger partial charge is 0.287 e. The summed E-state index contributed by atoms with van der Waals surface area (Å²) in [5.74, 6) is 0.926. The average molecular weight is 373 g/mol. The Morgan fingerprint density at radius 3 is 2.50 bits per heavy atom. The van der Waals surface area contributed by atoms with Crippen LogP contribution in [-0.4, -0.2) is 9.55 Å². The lowest BCUT2D eigenvalue weighted by Crippen LogP contribution is -1.96. The number of benzene rings is 3. The molecule has 126 valence electrons. The predicted octanol–water partition coefficient (Wildman–Crippen LogP) is 6.53. The Bertz CT molecular complexity index is 1160. The monoisotopic (exact) mass is 372 g/mol. The fourth-order valence-corrected chi connectivity index (χ4v) is 5.29. The number of para-hydroxylation sites is 3. The highest BCUT2D eigenvalue weighted by Crippen LogP contribution is 2.33. The van der Waals surface area contributed by atoms with E-state index >= 15 is 0 Å². The van der Waals surface area contributed by atoms with Gasteiger partial charge in [0.1, 0.15) is 0 Å². The van der Waals surface area contributed by atoms with Crippen molar-refractivity contribution in [1.82, 2.24) is 9.55 Å². The van der Waals surface area contributed by atoms with Crippen LogP contribution in [0.1, 0.15) is 4.88 Å². The van der Waals surface area contributed by atoms with Gasteiger partial charge >= 0.3 is 0 Å². The normalized spacial score (nSPS) is 11.4. The zero-order valence-electron chi connectivity index (χ0n) is 14.0. The van der Waals surface area contributed by atoms with E-state index in [1.165, 1.54) is 15.0 Å². The fraction of sp³-hybridized carbons (Fsp3) is 0.0455. The summed E-state index contributed by atoms with van der Waals surface area (Å²) < 4.78 is 3.60. The molecule has 0 saturated carbocycles. The van der Waals surface area contributed by atoms with E-state index < -0.39 is 0 Å². The highest BCUT2D eigenvalue weighted by Gasteiger charge is 2.13. The molecule has 0 spiro atoms. The Balaban J connectivity index is 1.54. The van der Waals surface area contributed by atoms with Crippen LogP contribution in [-0.2, 0) is 5.75 Å². The molecule has 5 rings (SSSR count). The summed E-state index contributed by atoms with van der Waals surface area (Å²) in [7, 11) is 0. The van der Waals surface area contributed by atoms with Crippen molar-refractivity contribution in [2.45, 2.75) is 10.9 Å². The minimum absolute atomic E-state index is 0.926. The molecule has 0 aliphatic carbocycles. The number of fused-ring (bicyclic) bond motifs is 2. The quantitative estimate of drug-likeness (QED) is 0.334. The van der Waals surface area contributed by atoms with Crippen LogP contribution in [0.15, 0.2) is 90.1 Å². The van der Waals surface area contributed by atoms with E-state index in [-0.39, 0.29) is 0 Å². The van der Waals surface area contributed by atoms with E-state index in [4.69, 9.17) is 4.98 Å². The lowest BCUT2D eigenvalue weighted by atomic mass is 10.2. The van der Waals surface area contributed by atoms with Crippen LogP contribution < -0.4 is 0 Å². The van der Waals surface area contributed by atoms with Gasteiger partial charge in [-0.25, -0.2) is 4.98 Å². The predicted molar refractivity (Wildman–Crippen MR) is 112 cm³/mol. The number of imidazole rings is 1. The highest BCUT2D eigenvalue weighted by molar-refractivity contribution is 7.98. The van der Waals surface area contributed by atoms with Crippen molar-refractivity contribution in [2.24, 2.45) is 0 Å². The molecule has 2 nitrogen and oxygen atoms in total. The Hall–Kier alpha value is -2.56. The topological polar surface area (TPSA) is 17.8 Å². The van der Waals surface area contributed by atoms with Gasteiger partial charge in [0, 0.05) is 21.0 Å². The molecule has 0 amide bonds. The van der Waals surface area contributed by atoms with Gasteiger partial charge in [0.2, 0.25) is 0 Å². The van der Waals surface area contributed by atoms with Crippen molar-refractivity contribution in [3.63, 3.8) is 0 Å². The van der Waals surface area contributed by atoms with Crippen molar-refractivity contribution in [1.29, 1.82) is 0 Å². The second-order valence-corrected chi connectivity index (χ2v) is 8.20. The molecule has 0 radical (unpaired) electrons. The van der Waals surface area contributed by atoms with Crippen LogP contribution in [0.5, 0.6) is 0 Å². The summed E-state index contributed by atoms with van der Waals surface area (Å²) in [6.45, 7) is 0. The first-order valence-corrected chi connectivity index (χ1v) is 10.3. The number of nitrogens with zero attached hydrogens (tertiary/aromatic N) is 2. The minimum atomic E-state index is 0.926. The third-order valence-electron chi connectivity index (χ3n) is 4.36. The van der Waals surface area contributed by atoms with Crippen molar-refractivity contribution in [3.05, 3.63) is 89.8 Å². The second kappa shape index (κ2) is 6.63. The number of thioether (sulfide) groups is 1. The van der Waals surface area contributed by atoms with E-state index in [0.29, 0.717) is 0 Å². The van der Waals surface area contributed by atoms with Crippen LogP contribution in [0.4, 0.5) is 0 Å². The van der Waals surface area contributed by atoms with Gasteiger partial charge in [0.05, 0.1) is 11.0 Å². The summed E-state index contributed by atoms with van der Waals surface area (Å²) in [6, 6.07) is 29.7. The molecule has 0 unspecified atom stereocenters. The molecule has 0 atom stereocenters. The summed E-state index contributed by atoms with van der Waals surface area (Å²) in [6.07, 6.45) is 0. The lowest BCUT2D eigenvalue weighted by Gasteiger charge is -2.08. The summed E-state index contributed by atoms with van der Waals surface area (Å²) in [5.41, 5.74) is 3.34. The Kier molecular flexibility index (Phi) is 4.00. The summed E-state index contributed by atoms with van der Waals surface area (Å²) >= 11 is 3.67. The van der Waals surface area contributed by atoms with Crippen LogP contribution in [0, 0.1) is 0 Å². The van der Waals surface area contributed by atoms with Gasteiger partial charge in [-0.2, -0.15) is 0 Å². The van der Waals surface area contributed by atoms with Gasteiger partial charge in [-0.3, -0.25) is 4.57 Å². The standard InChI is InChI=1S/C22H16N2S2/c1-2-9-17(10-3-1)24-20-12-6-5-11-19(20)23-22(24)25-15-18-14-16-8-4-7-13-21(16)26-18/h1-14H,15H2. The molecule has 5 aromatic rings. The van der Waals surface area contributed by atoms with Crippen molar-refractivity contribution < 1.29 is 0 Å². The molecular formula is C22H16N2S2. The number of aromatic nitrogens is 2. The maximum absolute atomic E-state index is 4.89. The molecule has 3 aromatic carbocycles. The number of rotatable bonds is 4. The van der Waals surface area contributed by atoms with Gasteiger partial charge in [-0.15, -0.1) is 11.3 Å². The van der Waals surface area contributed by atoms with Gasteiger partial charge < -0.3 is 0 Å². The summed E-state index contributed by atoms with van der Waals surface area (Å²) in [4.78, 5) is 6.27. The average Bonchev–Trinajstić information content (AvgIpc) is 3.27. The summed E-state index contributed by atoms with van der Waals surface area (Å²) in [5, 5.41) is 2.36. The molecule has 0 bridgehead atoms. The number of hydrogen-bond donors (Lipinski definition) is 0. The molecule has 0 saturated heterocycles. The third-order valence-corrected chi connectivity index (χ3v) is 6.65. The van der Waals surface area contributed by atoms with E-state index in [1.54, 1.807) is 11.8 Å². The molecule has 0 N–H and O–H groups in total. The van der Waals surface area contributed by atoms with Crippen LogP contribution in [0.3, 0.4) is 0 Å². The van der Waals surface area contributed by atoms with Crippen molar-refractivity contribution in [2.75, 3.05) is 0 Å². The maximum atomic E-state index is 4.89. The third kappa shape index (κ3) is 2.81. The highest BCUT2D eigenvalue weighted by atomic mass is 32.2. The van der Waals surface area contributed by atoms with Gasteiger partial charge in [-0.1, -0.05) is 60.3 Å². The molecular weight excluding hydrogens is 356 g/mol. The van der Waals surface area contributed by atoms with Crippen molar-refractivity contribution >= 4 is 44.2 Å². The lowest BCUT2D eigenvalue weighted by molar-refractivity contribution is 0.919. The molecule has 2 aromatic heterocycles. The SMILES string of the molecule is c1ccc(-n2c(SCc3cc4ccccc4s3)nc3ccccc32)cc1. The van der Waals surface area contributed by atoms with Crippen molar-refractivity contribution in [3.8, 4) is 5.69 Å². The second-order valence-electron chi connectivity index (χ2n) is 6.09. The number of thiophene rings is 1. The van der Waals surface area contributed by atoms with Gasteiger partial charge in [0.25, 0.3) is 0 Å². The zero-order valence-corrected chi connectivity index (χ0v) is 15.6. The fourth-order valence-electron chi connectivity index (χ4n) is 3.17. The minimum Gasteiger partial charge on any atom is -0.287 e. The molecule has 0 aliphatic rings. The van der Waals surface area contributed by atoms with E-state index in [0.717, 1.165) is 27.6 Å². The van der Waals surface area contributed by atoms with E-state index in [2.05, 4.69) is 77.4 Å². The van der Waals surface area contributed by atoms with Crippen LogP contribution in [0.2, 0.25) is 0 Å². The molecule has 26 heavy (non-hydrogen) atoms.